The average molecular weight is 563 g/mol. The predicted octanol–water partition coefficient (Wildman–Crippen LogP) is 6.75. The number of terminal acetylenes is 1. The van der Waals surface area contributed by atoms with Gasteiger partial charge in [0.15, 0.2) is 0 Å². The van der Waals surface area contributed by atoms with Crippen LogP contribution in [0.3, 0.4) is 0 Å². The molecular weight excluding hydrogens is 524 g/mol. The Bertz CT molecular complexity index is 1340. The molecule has 4 aromatic carbocycles. The van der Waals surface area contributed by atoms with Crippen LogP contribution in [-0.4, -0.2) is 37.1 Å². The second kappa shape index (κ2) is 16.0. The van der Waals surface area contributed by atoms with Gasteiger partial charge in [-0.25, -0.2) is 0 Å². The van der Waals surface area contributed by atoms with Gasteiger partial charge in [0.2, 0.25) is 0 Å². The minimum Gasteiger partial charge on any atom is -0.374 e. The number of hydrogen-bond acceptors (Lipinski definition) is 5. The third-order valence-corrected chi connectivity index (χ3v) is 7.30. The molecule has 0 saturated carbocycles. The molecule has 1 aliphatic heterocycles. The summed E-state index contributed by atoms with van der Waals surface area (Å²) in [6.07, 6.45) is 4.07. The quantitative estimate of drug-likeness (QED) is 0.159. The van der Waals surface area contributed by atoms with Crippen LogP contribution < -0.4 is 0 Å². The monoisotopic (exact) mass is 562 g/mol. The van der Waals surface area contributed by atoms with Gasteiger partial charge in [-0.05, 0) is 22.3 Å². The van der Waals surface area contributed by atoms with Gasteiger partial charge >= 0.3 is 0 Å². The van der Waals surface area contributed by atoms with Crippen molar-refractivity contribution in [3.63, 3.8) is 0 Å². The van der Waals surface area contributed by atoms with Gasteiger partial charge in [0, 0.05) is 6.42 Å². The smallest absolute Gasteiger partial charge is 0.115 e. The standard InChI is InChI=1S/C37H38O5/c1-2-15-33-35(39-25-30-18-9-4-10-19-30)37(41-27-32-22-13-6-14-23-32)36(40-26-31-20-11-5-12-21-31)34(42-33)28-38-24-29-16-7-3-8-17-29/h1,3-14,16-23,33-37H,15,24-28H2/t33-,34+,35-,36-,37+/m0/s1. The molecule has 5 atom stereocenters. The molecule has 0 unspecified atom stereocenters. The summed E-state index contributed by atoms with van der Waals surface area (Å²) in [5.41, 5.74) is 4.29. The molecule has 0 N–H and O–H groups in total. The zero-order chi connectivity index (χ0) is 28.8. The van der Waals surface area contributed by atoms with Crippen LogP contribution in [0.5, 0.6) is 0 Å². The van der Waals surface area contributed by atoms with Crippen LogP contribution in [0, 0.1) is 12.3 Å². The second-order valence-corrected chi connectivity index (χ2v) is 10.4. The lowest BCUT2D eigenvalue weighted by atomic mass is 9.92. The van der Waals surface area contributed by atoms with Gasteiger partial charge in [-0.2, -0.15) is 0 Å². The molecule has 1 saturated heterocycles. The Hall–Kier alpha value is -3.76. The maximum Gasteiger partial charge on any atom is 0.115 e. The van der Waals surface area contributed by atoms with Crippen LogP contribution in [0.25, 0.3) is 0 Å². The Morgan fingerprint density at radius 1 is 0.500 bits per heavy atom. The predicted molar refractivity (Wildman–Crippen MR) is 163 cm³/mol. The first-order chi connectivity index (χ1) is 20.8. The van der Waals surface area contributed by atoms with Crippen molar-refractivity contribution in [2.45, 2.75) is 63.4 Å². The maximum atomic E-state index is 6.69. The van der Waals surface area contributed by atoms with Crippen LogP contribution in [-0.2, 0) is 50.1 Å². The highest BCUT2D eigenvalue weighted by atomic mass is 16.6. The molecule has 0 amide bonds. The molecule has 1 heterocycles. The van der Waals surface area contributed by atoms with E-state index in [0.717, 1.165) is 22.3 Å². The minimum atomic E-state index is -0.459. The highest BCUT2D eigenvalue weighted by Gasteiger charge is 2.48. The molecule has 42 heavy (non-hydrogen) atoms. The maximum absolute atomic E-state index is 6.69. The van der Waals surface area contributed by atoms with E-state index in [0.29, 0.717) is 39.5 Å². The first-order valence-corrected chi connectivity index (χ1v) is 14.5. The van der Waals surface area contributed by atoms with Gasteiger partial charge in [0.1, 0.15) is 24.4 Å². The van der Waals surface area contributed by atoms with Crippen molar-refractivity contribution < 1.29 is 23.7 Å². The van der Waals surface area contributed by atoms with Crippen LogP contribution >= 0.6 is 0 Å². The van der Waals surface area contributed by atoms with Crippen LogP contribution in [0.4, 0.5) is 0 Å². The summed E-state index contributed by atoms with van der Waals surface area (Å²) in [6.45, 7) is 2.01. The van der Waals surface area contributed by atoms with E-state index in [1.807, 2.05) is 97.1 Å². The van der Waals surface area contributed by atoms with Gasteiger partial charge in [0.05, 0.1) is 39.1 Å². The Kier molecular flexibility index (Phi) is 11.3. The second-order valence-electron chi connectivity index (χ2n) is 10.4. The number of benzene rings is 4. The van der Waals surface area contributed by atoms with Crippen molar-refractivity contribution in [1.82, 2.24) is 0 Å². The van der Waals surface area contributed by atoms with Crippen molar-refractivity contribution in [1.29, 1.82) is 0 Å². The normalized spacial score (nSPS) is 21.9. The molecule has 0 spiro atoms. The summed E-state index contributed by atoms with van der Waals surface area (Å²) in [5, 5.41) is 0. The van der Waals surface area contributed by atoms with Gasteiger partial charge in [0.25, 0.3) is 0 Å². The Balaban J connectivity index is 1.40. The molecule has 1 aliphatic rings. The largest absolute Gasteiger partial charge is 0.374 e. The number of rotatable bonds is 14. The van der Waals surface area contributed by atoms with E-state index in [2.05, 4.69) is 30.2 Å². The highest BCUT2D eigenvalue weighted by Crippen LogP contribution is 2.32. The molecule has 4 aromatic rings. The topological polar surface area (TPSA) is 46.2 Å². The summed E-state index contributed by atoms with van der Waals surface area (Å²) >= 11 is 0. The van der Waals surface area contributed by atoms with Crippen molar-refractivity contribution in [3.8, 4) is 12.3 Å². The van der Waals surface area contributed by atoms with Gasteiger partial charge in [-0.15, -0.1) is 12.3 Å². The summed E-state index contributed by atoms with van der Waals surface area (Å²) in [4.78, 5) is 0. The average Bonchev–Trinajstić information content (AvgIpc) is 3.05. The van der Waals surface area contributed by atoms with Gasteiger partial charge in [-0.3, -0.25) is 0 Å². The van der Waals surface area contributed by atoms with E-state index in [1.54, 1.807) is 0 Å². The van der Waals surface area contributed by atoms with Gasteiger partial charge < -0.3 is 23.7 Å². The van der Waals surface area contributed by atoms with Crippen molar-refractivity contribution in [2.75, 3.05) is 6.61 Å². The summed E-state index contributed by atoms with van der Waals surface area (Å²) in [5.74, 6) is 2.79. The Labute approximate surface area is 249 Å². The molecule has 5 rings (SSSR count). The minimum absolute atomic E-state index is 0.325. The van der Waals surface area contributed by atoms with Crippen molar-refractivity contribution in [2.24, 2.45) is 0 Å². The first-order valence-electron chi connectivity index (χ1n) is 14.5. The van der Waals surface area contributed by atoms with Crippen molar-refractivity contribution >= 4 is 0 Å². The summed E-state index contributed by atoms with van der Waals surface area (Å²) in [6, 6.07) is 40.4. The summed E-state index contributed by atoms with van der Waals surface area (Å²) in [7, 11) is 0. The molecule has 0 aromatic heterocycles. The molecule has 0 radical (unpaired) electrons. The zero-order valence-corrected chi connectivity index (χ0v) is 23.8. The van der Waals surface area contributed by atoms with E-state index < -0.39 is 24.4 Å². The fourth-order valence-corrected chi connectivity index (χ4v) is 5.17. The third-order valence-electron chi connectivity index (χ3n) is 7.30. The van der Waals surface area contributed by atoms with E-state index in [-0.39, 0.29) is 6.10 Å². The van der Waals surface area contributed by atoms with Crippen molar-refractivity contribution in [3.05, 3.63) is 144 Å². The SMILES string of the molecule is C#CC[C@@H]1O[C@H](COCc2ccccc2)[C@H](OCc2ccccc2)[C@H](OCc2ccccc2)[C@H]1OCc1ccccc1. The zero-order valence-electron chi connectivity index (χ0n) is 23.8. The van der Waals surface area contributed by atoms with Gasteiger partial charge in [-0.1, -0.05) is 121 Å². The van der Waals surface area contributed by atoms with E-state index in [9.17, 15) is 0 Å². The fourth-order valence-electron chi connectivity index (χ4n) is 5.17. The number of hydrogen-bond donors (Lipinski definition) is 0. The van der Waals surface area contributed by atoms with Crippen LogP contribution in [0.1, 0.15) is 28.7 Å². The molecule has 216 valence electrons. The molecular formula is C37H38O5. The fraction of sp³-hybridized carbons (Fsp3) is 0.297. The van der Waals surface area contributed by atoms with E-state index >= 15 is 0 Å². The lowest BCUT2D eigenvalue weighted by Crippen LogP contribution is -2.61. The molecule has 5 heteroatoms. The van der Waals surface area contributed by atoms with Crippen LogP contribution in [0.2, 0.25) is 0 Å². The van der Waals surface area contributed by atoms with E-state index in [4.69, 9.17) is 30.1 Å². The first kappa shape index (κ1) is 29.7. The number of ether oxygens (including phenoxy) is 5. The molecule has 0 bridgehead atoms. The third kappa shape index (κ3) is 8.62. The molecule has 0 aliphatic carbocycles. The molecule has 5 nitrogen and oxygen atoms in total. The summed E-state index contributed by atoms with van der Waals surface area (Å²) < 4.78 is 32.7. The molecule has 1 fully saturated rings. The lowest BCUT2D eigenvalue weighted by Gasteiger charge is -2.46. The van der Waals surface area contributed by atoms with Crippen LogP contribution in [0.15, 0.2) is 121 Å². The lowest BCUT2D eigenvalue weighted by molar-refractivity contribution is -0.271. The van der Waals surface area contributed by atoms with E-state index in [1.165, 1.54) is 0 Å². The highest BCUT2D eigenvalue weighted by molar-refractivity contribution is 5.16. The Morgan fingerprint density at radius 3 is 1.31 bits per heavy atom. The Morgan fingerprint density at radius 2 is 0.881 bits per heavy atom.